The number of carboxylic acids is 1. The van der Waals surface area contributed by atoms with E-state index in [0.717, 1.165) is 49.9 Å². The lowest BCUT2D eigenvalue weighted by Crippen LogP contribution is -2.44. The maximum atomic E-state index is 13.3. The molecule has 1 atom stereocenters. The van der Waals surface area contributed by atoms with Crippen LogP contribution in [0.4, 0.5) is 4.39 Å². The minimum Gasteiger partial charge on any atom is -0.481 e. The van der Waals surface area contributed by atoms with Crippen LogP contribution in [0.5, 0.6) is 0 Å². The Bertz CT molecular complexity index is 511. The highest BCUT2D eigenvalue weighted by Crippen LogP contribution is 2.45. The van der Waals surface area contributed by atoms with Crippen molar-refractivity contribution in [3.63, 3.8) is 0 Å². The Hall–Kier alpha value is -1.42. The van der Waals surface area contributed by atoms with Crippen LogP contribution in [0.1, 0.15) is 36.8 Å². The molecule has 1 fully saturated rings. The van der Waals surface area contributed by atoms with Gasteiger partial charge in [0.1, 0.15) is 5.82 Å². The lowest BCUT2D eigenvalue weighted by molar-refractivity contribution is -0.140. The molecule has 3 rings (SSSR count). The van der Waals surface area contributed by atoms with Crippen molar-refractivity contribution in [2.24, 2.45) is 0 Å². The number of nitrogens with zero attached hydrogens (tertiary/aromatic N) is 1. The lowest BCUT2D eigenvalue weighted by Gasteiger charge is -2.38. The summed E-state index contributed by atoms with van der Waals surface area (Å²) in [4.78, 5) is 13.6. The van der Waals surface area contributed by atoms with Crippen molar-refractivity contribution in [2.45, 2.75) is 37.6 Å². The van der Waals surface area contributed by atoms with E-state index in [4.69, 9.17) is 0 Å². The van der Waals surface area contributed by atoms with E-state index in [0.29, 0.717) is 0 Å². The molecule has 0 radical (unpaired) electrons. The van der Waals surface area contributed by atoms with Gasteiger partial charge in [-0.3, -0.25) is 9.69 Å². The number of hydrogen-bond acceptors (Lipinski definition) is 2. The van der Waals surface area contributed by atoms with Gasteiger partial charge in [0.05, 0.1) is 12.0 Å². The molecule has 2 aliphatic rings. The molecule has 0 aromatic heterocycles. The largest absolute Gasteiger partial charge is 0.481 e. The molecule has 1 aromatic rings. The molecule has 1 aliphatic carbocycles. The Morgan fingerprint density at radius 2 is 2.11 bits per heavy atom. The highest BCUT2D eigenvalue weighted by atomic mass is 19.1. The first-order valence-electron chi connectivity index (χ1n) is 6.88. The molecular weight excluding hydrogens is 245 g/mol. The summed E-state index contributed by atoms with van der Waals surface area (Å²) in [5.41, 5.74) is 1.59. The van der Waals surface area contributed by atoms with Crippen molar-refractivity contribution in [1.82, 2.24) is 4.90 Å². The van der Waals surface area contributed by atoms with E-state index in [9.17, 15) is 14.3 Å². The van der Waals surface area contributed by atoms with Crippen LogP contribution >= 0.6 is 0 Å². The highest BCUT2D eigenvalue weighted by molar-refractivity contribution is 5.69. The fraction of sp³-hybridized carbons (Fsp3) is 0.533. The van der Waals surface area contributed by atoms with Gasteiger partial charge in [-0.25, -0.2) is 4.39 Å². The van der Waals surface area contributed by atoms with Crippen molar-refractivity contribution >= 4 is 5.97 Å². The van der Waals surface area contributed by atoms with Crippen LogP contribution in [0.3, 0.4) is 0 Å². The number of likely N-dealkylation sites (tertiary alicyclic amines) is 1. The standard InChI is InChI=1S/C15H18FNO2/c16-12-3-4-13-11(9-12)5-6-15(13,10-14(18)19)17-7-1-2-8-17/h3-4,9H,1-2,5-8,10H2,(H,18,19). The van der Waals surface area contributed by atoms with Crippen LogP contribution in [0, 0.1) is 5.82 Å². The zero-order chi connectivity index (χ0) is 13.5. The topological polar surface area (TPSA) is 40.5 Å². The summed E-state index contributed by atoms with van der Waals surface area (Å²) < 4.78 is 13.3. The van der Waals surface area contributed by atoms with Gasteiger partial charge in [0.15, 0.2) is 0 Å². The maximum absolute atomic E-state index is 13.3. The Kier molecular flexibility index (Phi) is 3.05. The molecule has 19 heavy (non-hydrogen) atoms. The Labute approximate surface area is 112 Å². The van der Waals surface area contributed by atoms with Gasteiger partial charge in [-0.05, 0) is 62.0 Å². The van der Waals surface area contributed by atoms with E-state index < -0.39 is 11.5 Å². The van der Waals surface area contributed by atoms with Gasteiger partial charge < -0.3 is 5.11 Å². The third kappa shape index (κ3) is 2.04. The third-order valence-electron chi connectivity index (χ3n) is 4.53. The molecule has 102 valence electrons. The maximum Gasteiger partial charge on any atom is 0.305 e. The number of halogens is 1. The fourth-order valence-electron chi connectivity index (χ4n) is 3.72. The van der Waals surface area contributed by atoms with Gasteiger partial charge >= 0.3 is 5.97 Å². The minimum atomic E-state index is -0.774. The summed E-state index contributed by atoms with van der Waals surface area (Å²) >= 11 is 0. The van der Waals surface area contributed by atoms with E-state index in [1.165, 1.54) is 6.07 Å². The van der Waals surface area contributed by atoms with Gasteiger partial charge in [-0.2, -0.15) is 0 Å². The zero-order valence-corrected chi connectivity index (χ0v) is 10.9. The van der Waals surface area contributed by atoms with Crippen molar-refractivity contribution in [2.75, 3.05) is 13.1 Å². The minimum absolute atomic E-state index is 0.117. The first-order chi connectivity index (χ1) is 9.12. The molecule has 1 aromatic carbocycles. The summed E-state index contributed by atoms with van der Waals surface area (Å²) in [7, 11) is 0. The second kappa shape index (κ2) is 4.60. The smallest absolute Gasteiger partial charge is 0.305 e. The van der Waals surface area contributed by atoms with Crippen molar-refractivity contribution in [3.05, 3.63) is 35.1 Å². The average molecular weight is 263 g/mol. The monoisotopic (exact) mass is 263 g/mol. The van der Waals surface area contributed by atoms with Gasteiger partial charge in [-0.1, -0.05) is 6.07 Å². The van der Waals surface area contributed by atoms with Crippen LogP contribution in [-0.4, -0.2) is 29.1 Å². The molecule has 0 spiro atoms. The number of aryl methyl sites for hydroxylation is 1. The molecule has 0 bridgehead atoms. The first-order valence-corrected chi connectivity index (χ1v) is 6.88. The molecular formula is C15H18FNO2. The van der Waals surface area contributed by atoms with E-state index >= 15 is 0 Å². The number of carboxylic acid groups (broad SMARTS) is 1. The van der Waals surface area contributed by atoms with Gasteiger partial charge in [0, 0.05) is 0 Å². The predicted octanol–water partition coefficient (Wildman–Crippen LogP) is 2.54. The zero-order valence-electron chi connectivity index (χ0n) is 10.9. The van der Waals surface area contributed by atoms with Crippen LogP contribution in [0.2, 0.25) is 0 Å². The average Bonchev–Trinajstić information content (AvgIpc) is 2.97. The Morgan fingerprint density at radius 1 is 1.37 bits per heavy atom. The van der Waals surface area contributed by atoms with Crippen LogP contribution in [0.25, 0.3) is 0 Å². The number of rotatable bonds is 3. The third-order valence-corrected chi connectivity index (χ3v) is 4.53. The van der Waals surface area contributed by atoms with Crippen molar-refractivity contribution in [1.29, 1.82) is 0 Å². The molecule has 4 heteroatoms. The summed E-state index contributed by atoms with van der Waals surface area (Å²) in [6.07, 6.45) is 3.93. The first kappa shape index (κ1) is 12.6. The molecule has 1 N–H and O–H groups in total. The molecule has 1 aliphatic heterocycles. The number of hydrogen-bond donors (Lipinski definition) is 1. The summed E-state index contributed by atoms with van der Waals surface area (Å²) in [6.45, 7) is 1.90. The number of carbonyl (C=O) groups is 1. The number of aliphatic carboxylic acids is 1. The van der Waals surface area contributed by atoms with Crippen molar-refractivity contribution in [3.8, 4) is 0 Å². The highest BCUT2D eigenvalue weighted by Gasteiger charge is 2.45. The Balaban J connectivity index is 2.05. The predicted molar refractivity (Wildman–Crippen MR) is 69.5 cm³/mol. The molecule has 0 saturated carbocycles. The number of benzene rings is 1. The SMILES string of the molecule is O=C(O)CC1(N2CCCC2)CCc2cc(F)ccc21. The van der Waals surface area contributed by atoms with Crippen LogP contribution in [-0.2, 0) is 16.8 Å². The van der Waals surface area contributed by atoms with E-state index in [1.807, 2.05) is 0 Å². The summed E-state index contributed by atoms with van der Waals surface area (Å²) in [5.74, 6) is -1.00. The van der Waals surface area contributed by atoms with E-state index in [2.05, 4.69) is 4.90 Å². The quantitative estimate of drug-likeness (QED) is 0.911. The normalized spacial score (nSPS) is 26.6. The van der Waals surface area contributed by atoms with Crippen LogP contribution < -0.4 is 0 Å². The molecule has 1 unspecified atom stereocenters. The summed E-state index contributed by atoms with van der Waals surface area (Å²) in [5, 5.41) is 9.28. The van der Waals surface area contributed by atoms with E-state index in [1.54, 1.807) is 12.1 Å². The van der Waals surface area contributed by atoms with Crippen molar-refractivity contribution < 1.29 is 14.3 Å². The Morgan fingerprint density at radius 3 is 2.79 bits per heavy atom. The van der Waals surface area contributed by atoms with Gasteiger partial charge in [-0.15, -0.1) is 0 Å². The molecule has 1 saturated heterocycles. The molecule has 0 amide bonds. The van der Waals surface area contributed by atoms with E-state index in [-0.39, 0.29) is 12.2 Å². The molecule has 3 nitrogen and oxygen atoms in total. The van der Waals surface area contributed by atoms with Crippen LogP contribution in [0.15, 0.2) is 18.2 Å². The number of fused-ring (bicyclic) bond motifs is 1. The molecule has 1 heterocycles. The fourth-order valence-corrected chi connectivity index (χ4v) is 3.72. The van der Waals surface area contributed by atoms with Gasteiger partial charge in [0.2, 0.25) is 0 Å². The lowest BCUT2D eigenvalue weighted by atomic mass is 9.86. The van der Waals surface area contributed by atoms with Gasteiger partial charge in [0.25, 0.3) is 0 Å². The second-order valence-corrected chi connectivity index (χ2v) is 5.60. The summed E-state index contributed by atoms with van der Waals surface area (Å²) in [6, 6.07) is 4.81. The second-order valence-electron chi connectivity index (χ2n) is 5.60.